The largest absolute Gasteiger partial charge is 0.368 e. The SMILES string of the molecule is Cc1cc([C@H]2CO2)c(C)s1. The monoisotopic (exact) mass is 154 g/mol. The van der Waals surface area contributed by atoms with Gasteiger partial charge in [0.1, 0.15) is 6.10 Å². The van der Waals surface area contributed by atoms with E-state index in [4.69, 9.17) is 4.74 Å². The topological polar surface area (TPSA) is 12.5 Å². The summed E-state index contributed by atoms with van der Waals surface area (Å²) in [6.45, 7) is 5.23. The second-order valence-corrected chi connectivity index (χ2v) is 4.15. The zero-order chi connectivity index (χ0) is 7.14. The fourth-order valence-corrected chi connectivity index (χ4v) is 2.17. The van der Waals surface area contributed by atoms with Crippen LogP contribution in [0.4, 0.5) is 0 Å². The second-order valence-electron chi connectivity index (χ2n) is 2.69. The van der Waals surface area contributed by atoms with E-state index in [9.17, 15) is 0 Å². The number of thiophene rings is 1. The number of hydrogen-bond acceptors (Lipinski definition) is 2. The van der Waals surface area contributed by atoms with Crippen LogP contribution in [0.2, 0.25) is 0 Å². The molecule has 1 saturated heterocycles. The van der Waals surface area contributed by atoms with Crippen LogP contribution in [0.5, 0.6) is 0 Å². The average Bonchev–Trinajstić information content (AvgIpc) is 2.61. The maximum Gasteiger partial charge on any atom is 0.107 e. The zero-order valence-electron chi connectivity index (χ0n) is 6.18. The zero-order valence-corrected chi connectivity index (χ0v) is 6.99. The lowest BCUT2D eigenvalue weighted by molar-refractivity contribution is 0.415. The molecule has 0 bridgehead atoms. The normalized spacial score (nSPS) is 23.2. The summed E-state index contributed by atoms with van der Waals surface area (Å²) in [5.41, 5.74) is 1.41. The van der Waals surface area contributed by atoms with Crippen molar-refractivity contribution in [2.75, 3.05) is 6.61 Å². The minimum Gasteiger partial charge on any atom is -0.368 e. The summed E-state index contributed by atoms with van der Waals surface area (Å²) in [5, 5.41) is 0. The highest BCUT2D eigenvalue weighted by molar-refractivity contribution is 7.12. The van der Waals surface area contributed by atoms with Crippen molar-refractivity contribution in [3.63, 3.8) is 0 Å². The van der Waals surface area contributed by atoms with Crippen LogP contribution in [-0.4, -0.2) is 6.61 Å². The first-order chi connectivity index (χ1) is 4.77. The van der Waals surface area contributed by atoms with Crippen LogP contribution in [0.3, 0.4) is 0 Å². The van der Waals surface area contributed by atoms with Crippen LogP contribution in [0.1, 0.15) is 21.4 Å². The summed E-state index contributed by atoms with van der Waals surface area (Å²) in [4.78, 5) is 2.81. The molecule has 1 nitrogen and oxygen atoms in total. The predicted molar refractivity (Wildman–Crippen MR) is 42.5 cm³/mol. The summed E-state index contributed by atoms with van der Waals surface area (Å²) >= 11 is 1.86. The van der Waals surface area contributed by atoms with Gasteiger partial charge in [-0.3, -0.25) is 0 Å². The molecule has 2 rings (SSSR count). The summed E-state index contributed by atoms with van der Waals surface area (Å²) < 4.78 is 5.20. The fraction of sp³-hybridized carbons (Fsp3) is 0.500. The van der Waals surface area contributed by atoms with E-state index in [-0.39, 0.29) is 0 Å². The first-order valence-electron chi connectivity index (χ1n) is 3.46. The second kappa shape index (κ2) is 2.07. The van der Waals surface area contributed by atoms with Crippen LogP contribution in [0.25, 0.3) is 0 Å². The van der Waals surface area contributed by atoms with Crippen molar-refractivity contribution >= 4 is 11.3 Å². The maximum atomic E-state index is 5.20. The Bertz CT molecular complexity index is 248. The van der Waals surface area contributed by atoms with Crippen molar-refractivity contribution in [2.24, 2.45) is 0 Å². The molecule has 1 fully saturated rings. The molecule has 54 valence electrons. The Morgan fingerprint density at radius 2 is 2.30 bits per heavy atom. The van der Waals surface area contributed by atoms with Gasteiger partial charge in [-0.05, 0) is 25.5 Å². The third kappa shape index (κ3) is 0.976. The highest BCUT2D eigenvalue weighted by Gasteiger charge is 2.27. The maximum absolute atomic E-state index is 5.20. The Balaban J connectivity index is 2.38. The molecule has 1 aromatic heterocycles. The number of epoxide rings is 1. The lowest BCUT2D eigenvalue weighted by Gasteiger charge is -1.88. The van der Waals surface area contributed by atoms with E-state index in [1.54, 1.807) is 0 Å². The van der Waals surface area contributed by atoms with Crippen molar-refractivity contribution in [3.8, 4) is 0 Å². The van der Waals surface area contributed by atoms with E-state index in [0.717, 1.165) is 6.61 Å². The highest BCUT2D eigenvalue weighted by atomic mass is 32.1. The number of rotatable bonds is 1. The molecule has 10 heavy (non-hydrogen) atoms. The number of aryl methyl sites for hydroxylation is 2. The molecule has 1 aromatic rings. The summed E-state index contributed by atoms with van der Waals surface area (Å²) in [6, 6.07) is 2.23. The van der Waals surface area contributed by atoms with Gasteiger partial charge in [-0.1, -0.05) is 0 Å². The van der Waals surface area contributed by atoms with Crippen molar-refractivity contribution in [1.82, 2.24) is 0 Å². The lowest BCUT2D eigenvalue weighted by Crippen LogP contribution is -1.76. The van der Waals surface area contributed by atoms with Gasteiger partial charge in [-0.2, -0.15) is 0 Å². The van der Waals surface area contributed by atoms with E-state index in [1.807, 2.05) is 11.3 Å². The Morgan fingerprint density at radius 3 is 2.70 bits per heavy atom. The van der Waals surface area contributed by atoms with Gasteiger partial charge < -0.3 is 4.74 Å². The standard InChI is InChI=1S/C8H10OS/c1-5-3-7(6(2)10-5)8-4-9-8/h3,8H,4H2,1-2H3/t8-/m1/s1. The smallest absolute Gasteiger partial charge is 0.107 e. The molecule has 1 atom stereocenters. The van der Waals surface area contributed by atoms with Crippen LogP contribution < -0.4 is 0 Å². The summed E-state index contributed by atoms with van der Waals surface area (Å²) in [5.74, 6) is 0. The van der Waals surface area contributed by atoms with E-state index < -0.39 is 0 Å². The molecular weight excluding hydrogens is 144 g/mol. The highest BCUT2D eigenvalue weighted by Crippen LogP contribution is 2.35. The molecule has 0 N–H and O–H groups in total. The van der Waals surface area contributed by atoms with Gasteiger partial charge in [-0.15, -0.1) is 11.3 Å². The molecule has 0 amide bonds. The lowest BCUT2D eigenvalue weighted by atomic mass is 10.2. The minimum atomic E-state index is 0.435. The van der Waals surface area contributed by atoms with Crippen molar-refractivity contribution < 1.29 is 4.74 Å². The van der Waals surface area contributed by atoms with Crippen molar-refractivity contribution in [3.05, 3.63) is 21.4 Å². The summed E-state index contributed by atoms with van der Waals surface area (Å²) in [6.07, 6.45) is 0.435. The van der Waals surface area contributed by atoms with Gasteiger partial charge in [0.25, 0.3) is 0 Å². The summed E-state index contributed by atoms with van der Waals surface area (Å²) in [7, 11) is 0. The Hall–Kier alpha value is -0.340. The van der Waals surface area contributed by atoms with Gasteiger partial charge >= 0.3 is 0 Å². The fourth-order valence-electron chi connectivity index (χ4n) is 1.20. The van der Waals surface area contributed by atoms with Crippen LogP contribution in [-0.2, 0) is 4.74 Å². The molecule has 0 aliphatic carbocycles. The van der Waals surface area contributed by atoms with E-state index in [1.165, 1.54) is 15.3 Å². The molecule has 1 aliphatic heterocycles. The third-order valence-electron chi connectivity index (χ3n) is 1.76. The predicted octanol–water partition coefficient (Wildman–Crippen LogP) is 2.44. The first-order valence-corrected chi connectivity index (χ1v) is 4.27. The van der Waals surface area contributed by atoms with E-state index >= 15 is 0 Å². The van der Waals surface area contributed by atoms with Gasteiger partial charge in [0.15, 0.2) is 0 Å². The number of ether oxygens (including phenoxy) is 1. The molecular formula is C8H10OS. The number of hydrogen-bond donors (Lipinski definition) is 0. The van der Waals surface area contributed by atoms with Crippen LogP contribution in [0, 0.1) is 13.8 Å². The van der Waals surface area contributed by atoms with Gasteiger partial charge in [0.2, 0.25) is 0 Å². The molecule has 2 heterocycles. The molecule has 0 unspecified atom stereocenters. The third-order valence-corrected chi connectivity index (χ3v) is 2.74. The van der Waals surface area contributed by atoms with Gasteiger partial charge in [0, 0.05) is 9.75 Å². The molecule has 2 heteroatoms. The van der Waals surface area contributed by atoms with Crippen molar-refractivity contribution in [2.45, 2.75) is 20.0 Å². The van der Waals surface area contributed by atoms with Gasteiger partial charge in [-0.25, -0.2) is 0 Å². The minimum absolute atomic E-state index is 0.435. The average molecular weight is 154 g/mol. The quantitative estimate of drug-likeness (QED) is 0.566. The Morgan fingerprint density at radius 1 is 1.60 bits per heavy atom. The van der Waals surface area contributed by atoms with Crippen LogP contribution in [0.15, 0.2) is 6.07 Å². The first kappa shape index (κ1) is 6.38. The van der Waals surface area contributed by atoms with Crippen molar-refractivity contribution in [1.29, 1.82) is 0 Å². The Kier molecular flexibility index (Phi) is 1.32. The van der Waals surface area contributed by atoms with E-state index in [2.05, 4.69) is 19.9 Å². The Labute approximate surface area is 64.6 Å². The van der Waals surface area contributed by atoms with Gasteiger partial charge in [0.05, 0.1) is 6.61 Å². The van der Waals surface area contributed by atoms with E-state index in [0.29, 0.717) is 6.10 Å². The molecule has 0 spiro atoms. The molecule has 0 saturated carbocycles. The molecule has 0 radical (unpaired) electrons. The van der Waals surface area contributed by atoms with Crippen LogP contribution >= 0.6 is 11.3 Å². The molecule has 1 aliphatic rings. The molecule has 0 aromatic carbocycles.